The van der Waals surface area contributed by atoms with Crippen molar-refractivity contribution < 1.29 is 9.47 Å². The molecule has 1 fully saturated rings. The molecule has 0 bridgehead atoms. The SMILES string of the molecule is COc1ccc2c(c1)C(N1CCOC(C(C)(C)C)C1)CN2. The molecule has 21 heavy (non-hydrogen) atoms. The average Bonchev–Trinajstić information content (AvgIpc) is 2.89. The molecule has 4 heteroatoms. The number of methoxy groups -OCH3 is 1. The second-order valence-electron chi connectivity index (χ2n) is 7.07. The summed E-state index contributed by atoms with van der Waals surface area (Å²) >= 11 is 0. The van der Waals surface area contributed by atoms with Crippen LogP contribution in [-0.2, 0) is 4.74 Å². The Morgan fingerprint density at radius 3 is 2.86 bits per heavy atom. The summed E-state index contributed by atoms with van der Waals surface area (Å²) in [5, 5.41) is 3.51. The normalized spacial score (nSPS) is 26.3. The molecule has 0 aromatic heterocycles. The van der Waals surface area contributed by atoms with Crippen molar-refractivity contribution in [2.24, 2.45) is 5.41 Å². The second-order valence-corrected chi connectivity index (χ2v) is 7.07. The van der Waals surface area contributed by atoms with E-state index in [1.807, 2.05) is 6.07 Å². The Bertz CT molecular complexity index is 510. The minimum absolute atomic E-state index is 0.182. The lowest BCUT2D eigenvalue weighted by molar-refractivity contribution is -0.0886. The van der Waals surface area contributed by atoms with Gasteiger partial charge in [-0.1, -0.05) is 20.8 Å². The molecule has 0 saturated carbocycles. The summed E-state index contributed by atoms with van der Waals surface area (Å²) in [6, 6.07) is 6.73. The molecule has 0 radical (unpaired) electrons. The van der Waals surface area contributed by atoms with Crippen LogP contribution in [0.4, 0.5) is 5.69 Å². The number of benzene rings is 1. The quantitative estimate of drug-likeness (QED) is 0.908. The zero-order valence-electron chi connectivity index (χ0n) is 13.5. The Morgan fingerprint density at radius 1 is 1.33 bits per heavy atom. The number of anilines is 1. The van der Waals surface area contributed by atoms with Crippen LogP contribution in [0.5, 0.6) is 5.75 Å². The number of nitrogens with one attached hydrogen (secondary N) is 1. The molecule has 3 rings (SSSR count). The third-order valence-corrected chi connectivity index (χ3v) is 4.61. The highest BCUT2D eigenvalue weighted by atomic mass is 16.5. The van der Waals surface area contributed by atoms with E-state index in [0.717, 1.165) is 32.0 Å². The van der Waals surface area contributed by atoms with E-state index in [1.54, 1.807) is 7.11 Å². The van der Waals surface area contributed by atoms with E-state index in [9.17, 15) is 0 Å². The Hall–Kier alpha value is -1.26. The molecule has 2 aliphatic heterocycles. The van der Waals surface area contributed by atoms with Crippen molar-refractivity contribution in [3.63, 3.8) is 0 Å². The summed E-state index contributed by atoms with van der Waals surface area (Å²) in [5.41, 5.74) is 2.77. The first kappa shape index (κ1) is 14.7. The third kappa shape index (κ3) is 2.87. The number of morpholine rings is 1. The van der Waals surface area contributed by atoms with E-state index in [2.05, 4.69) is 43.1 Å². The van der Waals surface area contributed by atoms with Gasteiger partial charge in [0.25, 0.3) is 0 Å². The molecule has 4 nitrogen and oxygen atoms in total. The van der Waals surface area contributed by atoms with Crippen LogP contribution in [0.3, 0.4) is 0 Å². The topological polar surface area (TPSA) is 33.7 Å². The number of hydrogen-bond donors (Lipinski definition) is 1. The lowest BCUT2D eigenvalue weighted by atomic mass is 9.87. The lowest BCUT2D eigenvalue weighted by Gasteiger charge is -2.42. The molecule has 1 N–H and O–H groups in total. The molecule has 2 aliphatic rings. The summed E-state index contributed by atoms with van der Waals surface area (Å²) in [6.45, 7) is 10.5. The minimum atomic E-state index is 0.182. The first-order valence-electron chi connectivity index (χ1n) is 7.76. The van der Waals surface area contributed by atoms with Gasteiger partial charge in [0, 0.05) is 25.3 Å². The van der Waals surface area contributed by atoms with Crippen molar-refractivity contribution >= 4 is 5.69 Å². The van der Waals surface area contributed by atoms with Gasteiger partial charge in [-0.05, 0) is 29.2 Å². The van der Waals surface area contributed by atoms with Gasteiger partial charge in [0.1, 0.15) is 5.75 Å². The Morgan fingerprint density at radius 2 is 2.14 bits per heavy atom. The van der Waals surface area contributed by atoms with Crippen molar-refractivity contribution in [1.29, 1.82) is 0 Å². The highest BCUT2D eigenvalue weighted by Gasteiger charge is 2.36. The van der Waals surface area contributed by atoms with E-state index in [0.29, 0.717) is 12.1 Å². The monoisotopic (exact) mass is 290 g/mol. The fraction of sp³-hybridized carbons (Fsp3) is 0.647. The van der Waals surface area contributed by atoms with Gasteiger partial charge in [-0.2, -0.15) is 0 Å². The Balaban J connectivity index is 1.80. The summed E-state index contributed by atoms with van der Waals surface area (Å²) in [5.74, 6) is 0.933. The van der Waals surface area contributed by atoms with Gasteiger partial charge < -0.3 is 14.8 Å². The number of fused-ring (bicyclic) bond motifs is 1. The molecular weight excluding hydrogens is 264 g/mol. The smallest absolute Gasteiger partial charge is 0.119 e. The van der Waals surface area contributed by atoms with Gasteiger partial charge in [-0.15, -0.1) is 0 Å². The van der Waals surface area contributed by atoms with Crippen LogP contribution in [-0.4, -0.2) is 44.4 Å². The maximum absolute atomic E-state index is 5.98. The average molecular weight is 290 g/mol. The maximum Gasteiger partial charge on any atom is 0.119 e. The third-order valence-electron chi connectivity index (χ3n) is 4.61. The highest BCUT2D eigenvalue weighted by molar-refractivity contribution is 5.59. The summed E-state index contributed by atoms with van der Waals surface area (Å²) in [4.78, 5) is 2.55. The van der Waals surface area contributed by atoms with Crippen LogP contribution in [0.2, 0.25) is 0 Å². The second kappa shape index (κ2) is 5.50. The molecule has 2 unspecified atom stereocenters. The van der Waals surface area contributed by atoms with Crippen LogP contribution in [0.1, 0.15) is 32.4 Å². The van der Waals surface area contributed by atoms with E-state index in [1.165, 1.54) is 11.3 Å². The van der Waals surface area contributed by atoms with Gasteiger partial charge in [-0.3, -0.25) is 4.90 Å². The van der Waals surface area contributed by atoms with Crippen LogP contribution in [0, 0.1) is 5.41 Å². The standard InChI is InChI=1S/C17H26N2O2/c1-17(2,3)16-11-19(7-8-21-16)15-10-18-14-6-5-12(20-4)9-13(14)15/h5-6,9,15-16,18H,7-8,10-11H2,1-4H3. The Labute approximate surface area is 127 Å². The van der Waals surface area contributed by atoms with Gasteiger partial charge in [0.05, 0.1) is 25.9 Å². The number of hydrogen-bond acceptors (Lipinski definition) is 4. The molecule has 116 valence electrons. The van der Waals surface area contributed by atoms with Crippen LogP contribution in [0.15, 0.2) is 18.2 Å². The molecule has 0 spiro atoms. The van der Waals surface area contributed by atoms with E-state index in [4.69, 9.17) is 9.47 Å². The predicted molar refractivity (Wildman–Crippen MR) is 85.0 cm³/mol. The first-order chi connectivity index (χ1) is 9.99. The molecule has 1 aromatic carbocycles. The summed E-state index contributed by atoms with van der Waals surface area (Å²) in [6.07, 6.45) is 0.293. The fourth-order valence-corrected chi connectivity index (χ4v) is 3.22. The molecule has 2 heterocycles. The minimum Gasteiger partial charge on any atom is -0.497 e. The lowest BCUT2D eigenvalue weighted by Crippen LogP contribution is -2.49. The first-order valence-corrected chi connectivity index (χ1v) is 7.76. The number of rotatable bonds is 2. The Kier molecular flexibility index (Phi) is 3.84. The molecule has 0 aliphatic carbocycles. The van der Waals surface area contributed by atoms with Crippen LogP contribution in [0.25, 0.3) is 0 Å². The zero-order valence-corrected chi connectivity index (χ0v) is 13.5. The van der Waals surface area contributed by atoms with Crippen molar-refractivity contribution in [2.75, 3.05) is 38.7 Å². The van der Waals surface area contributed by atoms with Crippen molar-refractivity contribution in [3.8, 4) is 5.75 Å². The highest BCUT2D eigenvalue weighted by Crippen LogP contribution is 2.38. The molecule has 0 amide bonds. The zero-order chi connectivity index (χ0) is 15.0. The van der Waals surface area contributed by atoms with E-state index < -0.39 is 0 Å². The predicted octanol–water partition coefficient (Wildman–Crippen LogP) is 2.91. The van der Waals surface area contributed by atoms with Gasteiger partial charge in [0.15, 0.2) is 0 Å². The fourth-order valence-electron chi connectivity index (χ4n) is 3.22. The molecular formula is C17H26N2O2. The van der Waals surface area contributed by atoms with Crippen molar-refractivity contribution in [3.05, 3.63) is 23.8 Å². The van der Waals surface area contributed by atoms with E-state index >= 15 is 0 Å². The number of nitrogens with zero attached hydrogens (tertiary/aromatic N) is 1. The van der Waals surface area contributed by atoms with Crippen LogP contribution < -0.4 is 10.1 Å². The molecule has 1 aromatic rings. The molecule has 2 atom stereocenters. The van der Waals surface area contributed by atoms with Crippen LogP contribution >= 0.6 is 0 Å². The van der Waals surface area contributed by atoms with Crippen molar-refractivity contribution in [2.45, 2.75) is 32.9 Å². The van der Waals surface area contributed by atoms with E-state index in [-0.39, 0.29) is 5.41 Å². The van der Waals surface area contributed by atoms with Gasteiger partial charge >= 0.3 is 0 Å². The largest absolute Gasteiger partial charge is 0.497 e. The summed E-state index contributed by atoms with van der Waals surface area (Å²) in [7, 11) is 1.73. The van der Waals surface area contributed by atoms with Crippen molar-refractivity contribution in [1.82, 2.24) is 4.90 Å². The van der Waals surface area contributed by atoms with Gasteiger partial charge in [0.2, 0.25) is 0 Å². The maximum atomic E-state index is 5.98. The van der Waals surface area contributed by atoms with Gasteiger partial charge in [-0.25, -0.2) is 0 Å². The molecule has 1 saturated heterocycles. The number of ether oxygens (including phenoxy) is 2. The summed E-state index contributed by atoms with van der Waals surface area (Å²) < 4.78 is 11.4.